The molecular weight excluding hydrogens is 220 g/mol. The summed E-state index contributed by atoms with van der Waals surface area (Å²) in [7, 11) is 0. The molecule has 6 heteroatoms. The van der Waals surface area contributed by atoms with E-state index in [0.717, 1.165) is 0 Å². The summed E-state index contributed by atoms with van der Waals surface area (Å²) in [5, 5.41) is 8.41. The molecule has 0 radical (unpaired) electrons. The number of carbonyl (C=O) groups is 2. The van der Waals surface area contributed by atoms with E-state index in [1.165, 1.54) is 4.90 Å². The molecule has 1 amide bonds. The highest BCUT2D eigenvalue weighted by atomic mass is 19.3. The van der Waals surface area contributed by atoms with Crippen LogP contribution in [-0.4, -0.2) is 41.4 Å². The molecule has 0 aromatic heterocycles. The predicted octanol–water partition coefficient (Wildman–Crippen LogP) is 1.35. The molecule has 0 spiro atoms. The number of nitrogens with zero attached hydrogens (tertiary/aromatic N) is 1. The SMILES string of the molecule is O=C(O)CCC(=O)N1CCC(C(F)F)CC1. The monoisotopic (exact) mass is 235 g/mol. The third kappa shape index (κ3) is 3.75. The lowest BCUT2D eigenvalue weighted by molar-refractivity contribution is -0.141. The van der Waals surface area contributed by atoms with E-state index in [4.69, 9.17) is 5.11 Å². The zero-order valence-electron chi connectivity index (χ0n) is 8.86. The van der Waals surface area contributed by atoms with Crippen LogP contribution in [0.25, 0.3) is 0 Å². The van der Waals surface area contributed by atoms with Crippen LogP contribution in [0.2, 0.25) is 0 Å². The van der Waals surface area contributed by atoms with Gasteiger partial charge in [-0.05, 0) is 12.8 Å². The third-order valence-corrected chi connectivity index (χ3v) is 2.80. The Hall–Kier alpha value is -1.20. The van der Waals surface area contributed by atoms with Gasteiger partial charge in [-0.1, -0.05) is 0 Å². The van der Waals surface area contributed by atoms with Crippen molar-refractivity contribution in [3.8, 4) is 0 Å². The smallest absolute Gasteiger partial charge is 0.303 e. The zero-order chi connectivity index (χ0) is 12.1. The highest BCUT2D eigenvalue weighted by Gasteiger charge is 2.28. The summed E-state index contributed by atoms with van der Waals surface area (Å²) in [6.07, 6.45) is -1.97. The van der Waals surface area contributed by atoms with Gasteiger partial charge in [-0.25, -0.2) is 8.78 Å². The molecule has 0 aliphatic carbocycles. The van der Waals surface area contributed by atoms with Crippen LogP contribution >= 0.6 is 0 Å². The molecule has 1 heterocycles. The molecule has 1 fully saturated rings. The Kier molecular flexibility index (Phi) is 4.64. The van der Waals surface area contributed by atoms with E-state index in [-0.39, 0.29) is 18.7 Å². The fourth-order valence-electron chi connectivity index (χ4n) is 1.77. The number of likely N-dealkylation sites (tertiary alicyclic amines) is 1. The van der Waals surface area contributed by atoms with Gasteiger partial charge in [0.15, 0.2) is 0 Å². The Morgan fingerprint density at radius 2 is 1.81 bits per heavy atom. The lowest BCUT2D eigenvalue weighted by atomic mass is 9.97. The van der Waals surface area contributed by atoms with E-state index < -0.39 is 18.3 Å². The molecule has 1 rings (SSSR count). The van der Waals surface area contributed by atoms with Crippen LogP contribution in [0.5, 0.6) is 0 Å². The van der Waals surface area contributed by atoms with Crippen molar-refractivity contribution in [1.82, 2.24) is 4.90 Å². The van der Waals surface area contributed by atoms with Crippen LogP contribution in [0.4, 0.5) is 8.78 Å². The quantitative estimate of drug-likeness (QED) is 0.800. The number of alkyl halides is 2. The van der Waals surface area contributed by atoms with Crippen molar-refractivity contribution in [2.75, 3.05) is 13.1 Å². The Morgan fingerprint density at radius 1 is 1.25 bits per heavy atom. The first-order valence-corrected chi connectivity index (χ1v) is 5.28. The molecule has 1 saturated heterocycles. The maximum atomic E-state index is 12.3. The van der Waals surface area contributed by atoms with Gasteiger partial charge in [0, 0.05) is 25.4 Å². The fourth-order valence-corrected chi connectivity index (χ4v) is 1.77. The van der Waals surface area contributed by atoms with Crippen molar-refractivity contribution >= 4 is 11.9 Å². The third-order valence-electron chi connectivity index (χ3n) is 2.80. The lowest BCUT2D eigenvalue weighted by Crippen LogP contribution is -2.40. The molecule has 0 aromatic rings. The Labute approximate surface area is 92.2 Å². The molecular formula is C10H15F2NO3. The standard InChI is InChI=1S/C10H15F2NO3/c11-10(12)7-3-5-13(6-4-7)8(14)1-2-9(15)16/h7,10H,1-6H2,(H,15,16). The molecule has 0 unspecified atom stereocenters. The van der Waals surface area contributed by atoms with Gasteiger partial charge < -0.3 is 10.0 Å². The van der Waals surface area contributed by atoms with E-state index >= 15 is 0 Å². The number of rotatable bonds is 4. The minimum atomic E-state index is -2.32. The van der Waals surface area contributed by atoms with Gasteiger partial charge in [-0.3, -0.25) is 9.59 Å². The predicted molar refractivity (Wildman–Crippen MR) is 52.2 cm³/mol. The summed E-state index contributed by atoms with van der Waals surface area (Å²) >= 11 is 0. The van der Waals surface area contributed by atoms with Crippen LogP contribution < -0.4 is 0 Å². The minimum absolute atomic E-state index is 0.0469. The van der Waals surface area contributed by atoms with Crippen molar-refractivity contribution in [3.05, 3.63) is 0 Å². The van der Waals surface area contributed by atoms with E-state index in [1.807, 2.05) is 0 Å². The molecule has 92 valence electrons. The van der Waals surface area contributed by atoms with Crippen molar-refractivity contribution in [2.24, 2.45) is 5.92 Å². The van der Waals surface area contributed by atoms with Crippen molar-refractivity contribution in [3.63, 3.8) is 0 Å². The lowest BCUT2D eigenvalue weighted by Gasteiger charge is -2.31. The van der Waals surface area contributed by atoms with Gasteiger partial charge in [0.1, 0.15) is 0 Å². The second-order valence-electron chi connectivity index (χ2n) is 3.95. The first-order chi connectivity index (χ1) is 7.50. The minimum Gasteiger partial charge on any atom is -0.481 e. The maximum Gasteiger partial charge on any atom is 0.303 e. The maximum absolute atomic E-state index is 12.3. The van der Waals surface area contributed by atoms with Gasteiger partial charge in [0.25, 0.3) is 0 Å². The van der Waals surface area contributed by atoms with Crippen molar-refractivity contribution in [1.29, 1.82) is 0 Å². The molecule has 1 aliphatic heterocycles. The molecule has 1 aliphatic rings. The summed E-state index contributed by atoms with van der Waals surface area (Å²) in [5.74, 6) is -1.89. The van der Waals surface area contributed by atoms with Crippen molar-refractivity contribution < 1.29 is 23.5 Å². The average molecular weight is 235 g/mol. The van der Waals surface area contributed by atoms with E-state index in [2.05, 4.69) is 0 Å². The number of halogens is 2. The Morgan fingerprint density at radius 3 is 2.25 bits per heavy atom. The van der Waals surface area contributed by atoms with Gasteiger partial charge in [0.05, 0.1) is 6.42 Å². The normalized spacial score (nSPS) is 17.8. The van der Waals surface area contributed by atoms with E-state index in [9.17, 15) is 18.4 Å². The van der Waals surface area contributed by atoms with Crippen LogP contribution in [0.15, 0.2) is 0 Å². The molecule has 0 atom stereocenters. The number of hydrogen-bond acceptors (Lipinski definition) is 2. The highest BCUT2D eigenvalue weighted by Crippen LogP contribution is 2.23. The average Bonchev–Trinajstić information content (AvgIpc) is 2.26. The van der Waals surface area contributed by atoms with Gasteiger partial charge in [-0.15, -0.1) is 0 Å². The molecule has 0 bridgehead atoms. The number of carbonyl (C=O) groups excluding carboxylic acids is 1. The summed E-state index contributed by atoms with van der Waals surface area (Å²) in [4.78, 5) is 23.2. The Bertz CT molecular complexity index is 263. The molecule has 16 heavy (non-hydrogen) atoms. The highest BCUT2D eigenvalue weighted by molar-refractivity contribution is 5.80. The topological polar surface area (TPSA) is 57.6 Å². The first kappa shape index (κ1) is 12.9. The number of carboxylic acids is 1. The van der Waals surface area contributed by atoms with Crippen LogP contribution in [0.1, 0.15) is 25.7 Å². The zero-order valence-corrected chi connectivity index (χ0v) is 8.86. The van der Waals surface area contributed by atoms with Gasteiger partial charge >= 0.3 is 5.97 Å². The van der Waals surface area contributed by atoms with Gasteiger partial charge in [0.2, 0.25) is 12.3 Å². The summed E-state index contributed by atoms with van der Waals surface area (Å²) < 4.78 is 24.6. The molecule has 0 saturated carbocycles. The van der Waals surface area contributed by atoms with Crippen LogP contribution in [0.3, 0.4) is 0 Å². The van der Waals surface area contributed by atoms with Crippen molar-refractivity contribution in [2.45, 2.75) is 32.1 Å². The summed E-state index contributed by atoms with van der Waals surface area (Å²) in [6.45, 7) is 0.626. The largest absolute Gasteiger partial charge is 0.481 e. The number of piperidine rings is 1. The molecule has 1 N–H and O–H groups in total. The van der Waals surface area contributed by atoms with E-state index in [0.29, 0.717) is 25.9 Å². The summed E-state index contributed by atoms with van der Waals surface area (Å²) in [6, 6.07) is 0. The van der Waals surface area contributed by atoms with Crippen LogP contribution in [0, 0.1) is 5.92 Å². The summed E-state index contributed by atoms with van der Waals surface area (Å²) in [5.41, 5.74) is 0. The Balaban J connectivity index is 2.30. The fraction of sp³-hybridized carbons (Fsp3) is 0.800. The van der Waals surface area contributed by atoms with Gasteiger partial charge in [-0.2, -0.15) is 0 Å². The van der Waals surface area contributed by atoms with E-state index in [1.54, 1.807) is 0 Å². The molecule has 4 nitrogen and oxygen atoms in total. The second-order valence-corrected chi connectivity index (χ2v) is 3.95. The molecule has 0 aromatic carbocycles. The second kappa shape index (κ2) is 5.77. The van der Waals surface area contributed by atoms with Crippen LogP contribution in [-0.2, 0) is 9.59 Å². The number of amides is 1. The number of aliphatic carboxylic acids is 1. The first-order valence-electron chi connectivity index (χ1n) is 5.28. The number of carboxylic acid groups (broad SMARTS) is 1. The number of hydrogen-bond donors (Lipinski definition) is 1.